The third-order valence-corrected chi connectivity index (χ3v) is 5.17. The van der Waals surface area contributed by atoms with Crippen LogP contribution in [0.2, 0.25) is 0 Å². The Kier molecular flexibility index (Phi) is 6.06. The molecule has 0 bridgehead atoms. The van der Waals surface area contributed by atoms with Crippen molar-refractivity contribution in [1.82, 2.24) is 5.32 Å². The second-order valence-corrected chi connectivity index (χ2v) is 5.56. The lowest BCUT2D eigenvalue weighted by atomic mass is 10.0. The summed E-state index contributed by atoms with van der Waals surface area (Å²) in [6.45, 7) is 1.90. The summed E-state index contributed by atoms with van der Waals surface area (Å²) >= 11 is 6.63. The molecule has 0 aliphatic carbocycles. The Morgan fingerprint density at radius 1 is 1.25 bits per heavy atom. The van der Waals surface area contributed by atoms with Crippen LogP contribution in [-0.2, 0) is 6.18 Å². The maximum absolute atomic E-state index is 12.6. The third kappa shape index (κ3) is 4.22. The number of alkyl halides is 5. The van der Waals surface area contributed by atoms with Crippen molar-refractivity contribution in [3.8, 4) is 0 Å². The summed E-state index contributed by atoms with van der Waals surface area (Å²) in [7, 11) is 0. The Labute approximate surface area is 132 Å². The predicted octanol–water partition coefficient (Wildman–Crippen LogP) is 4.37. The van der Waals surface area contributed by atoms with Crippen LogP contribution in [0.15, 0.2) is 24.3 Å². The molecule has 1 aromatic rings. The normalized spacial score (nSPS) is 12.3. The summed E-state index contributed by atoms with van der Waals surface area (Å²) in [5.41, 5.74) is -1.35. The van der Waals surface area contributed by atoms with E-state index in [2.05, 4.69) is 37.2 Å². The highest BCUT2D eigenvalue weighted by Gasteiger charge is 2.32. The van der Waals surface area contributed by atoms with E-state index in [4.69, 9.17) is 0 Å². The van der Waals surface area contributed by atoms with Crippen molar-refractivity contribution in [3.05, 3.63) is 35.4 Å². The van der Waals surface area contributed by atoms with E-state index in [-0.39, 0.29) is 5.56 Å². The number of amides is 1. The fourth-order valence-corrected chi connectivity index (χ4v) is 3.53. The van der Waals surface area contributed by atoms with E-state index < -0.39 is 23.2 Å². The molecule has 20 heavy (non-hydrogen) atoms. The van der Waals surface area contributed by atoms with Crippen LogP contribution in [0.3, 0.4) is 0 Å². The largest absolute Gasteiger partial charge is 0.416 e. The molecule has 0 atom stereocenters. The predicted molar refractivity (Wildman–Crippen MR) is 79.5 cm³/mol. The highest BCUT2D eigenvalue weighted by molar-refractivity contribution is 9.09. The first-order chi connectivity index (χ1) is 9.28. The molecule has 2 nitrogen and oxygen atoms in total. The van der Waals surface area contributed by atoms with Gasteiger partial charge in [0, 0.05) is 16.2 Å². The number of rotatable bonds is 5. The van der Waals surface area contributed by atoms with Crippen molar-refractivity contribution in [3.63, 3.8) is 0 Å². The molecule has 0 aliphatic rings. The molecular formula is C13H14Br2F3NO. The Morgan fingerprint density at radius 2 is 1.85 bits per heavy atom. The average molecular weight is 417 g/mol. The van der Waals surface area contributed by atoms with Crippen LogP contribution in [0.25, 0.3) is 0 Å². The maximum Gasteiger partial charge on any atom is 0.416 e. The van der Waals surface area contributed by atoms with Gasteiger partial charge in [0.2, 0.25) is 0 Å². The van der Waals surface area contributed by atoms with Gasteiger partial charge in [-0.15, -0.1) is 0 Å². The summed E-state index contributed by atoms with van der Waals surface area (Å²) in [5, 5.41) is 3.79. The molecular weight excluding hydrogens is 403 g/mol. The Morgan fingerprint density at radius 3 is 2.30 bits per heavy atom. The second-order valence-electron chi connectivity index (χ2n) is 4.43. The lowest BCUT2D eigenvalue weighted by molar-refractivity contribution is -0.137. The average Bonchev–Trinajstić information content (AvgIpc) is 2.44. The van der Waals surface area contributed by atoms with Crippen LogP contribution in [0.5, 0.6) is 0 Å². The van der Waals surface area contributed by atoms with E-state index in [0.717, 1.165) is 12.1 Å². The molecule has 0 heterocycles. The van der Waals surface area contributed by atoms with Crippen LogP contribution in [-0.4, -0.2) is 22.1 Å². The number of carbonyl (C=O) groups excluding carboxylic acids is 1. The standard InChI is InChI=1S/C13H14Br2F3NO/c1-2-12(7-14,8-15)19-11(20)9-4-3-5-10(6-9)13(16,17)18/h3-6H,2,7-8H2,1H3,(H,19,20). The van der Waals surface area contributed by atoms with Crippen LogP contribution in [0.1, 0.15) is 29.3 Å². The highest BCUT2D eigenvalue weighted by atomic mass is 79.9. The van der Waals surface area contributed by atoms with Crippen LogP contribution < -0.4 is 5.32 Å². The zero-order valence-electron chi connectivity index (χ0n) is 10.7. The lowest BCUT2D eigenvalue weighted by Crippen LogP contribution is -2.51. The SMILES string of the molecule is CCC(CBr)(CBr)NC(=O)c1cccc(C(F)(F)F)c1. The molecule has 0 saturated heterocycles. The summed E-state index contributed by atoms with van der Waals surface area (Å²) in [4.78, 5) is 12.1. The minimum atomic E-state index is -4.46. The minimum absolute atomic E-state index is 0.000417. The van der Waals surface area contributed by atoms with Gasteiger partial charge in [-0.1, -0.05) is 44.8 Å². The first-order valence-electron chi connectivity index (χ1n) is 5.89. The third-order valence-electron chi connectivity index (χ3n) is 3.02. The topological polar surface area (TPSA) is 29.1 Å². The lowest BCUT2D eigenvalue weighted by Gasteiger charge is -2.30. The van der Waals surface area contributed by atoms with Gasteiger partial charge in [0.1, 0.15) is 0 Å². The first kappa shape index (κ1) is 17.5. The molecule has 0 saturated carbocycles. The first-order valence-corrected chi connectivity index (χ1v) is 8.14. The number of carbonyl (C=O) groups is 1. The molecule has 1 aromatic carbocycles. The number of benzene rings is 1. The van der Waals surface area contributed by atoms with Gasteiger partial charge in [0.15, 0.2) is 0 Å². The van der Waals surface area contributed by atoms with Gasteiger partial charge in [-0.3, -0.25) is 4.79 Å². The number of nitrogens with one attached hydrogen (secondary N) is 1. The highest BCUT2D eigenvalue weighted by Crippen LogP contribution is 2.29. The molecule has 1 N–H and O–H groups in total. The van der Waals surface area contributed by atoms with Gasteiger partial charge in [0.05, 0.1) is 11.1 Å². The molecule has 0 spiro atoms. The molecule has 7 heteroatoms. The molecule has 0 aromatic heterocycles. The maximum atomic E-state index is 12.6. The smallest absolute Gasteiger partial charge is 0.345 e. The van der Waals surface area contributed by atoms with E-state index in [0.29, 0.717) is 17.1 Å². The molecule has 1 amide bonds. The number of halogens is 5. The molecule has 0 aliphatic heterocycles. The van der Waals surface area contributed by atoms with Gasteiger partial charge in [-0.2, -0.15) is 13.2 Å². The molecule has 0 radical (unpaired) electrons. The zero-order valence-corrected chi connectivity index (χ0v) is 13.9. The molecule has 1 rings (SSSR count). The Balaban J connectivity index is 2.99. The monoisotopic (exact) mass is 415 g/mol. The Hall–Kier alpha value is -0.560. The molecule has 0 unspecified atom stereocenters. The summed E-state index contributed by atoms with van der Waals surface area (Å²) in [5.74, 6) is -0.517. The summed E-state index contributed by atoms with van der Waals surface area (Å²) in [6.07, 6.45) is -3.81. The van der Waals surface area contributed by atoms with Crippen molar-refractivity contribution in [2.45, 2.75) is 25.1 Å². The van der Waals surface area contributed by atoms with Gasteiger partial charge < -0.3 is 5.32 Å². The van der Waals surface area contributed by atoms with Crippen molar-refractivity contribution >= 4 is 37.8 Å². The molecule has 0 fully saturated rings. The van der Waals surface area contributed by atoms with Gasteiger partial charge in [-0.25, -0.2) is 0 Å². The number of hydrogen-bond acceptors (Lipinski definition) is 1. The van der Waals surface area contributed by atoms with Crippen LogP contribution in [0.4, 0.5) is 13.2 Å². The van der Waals surface area contributed by atoms with E-state index in [1.165, 1.54) is 12.1 Å². The van der Waals surface area contributed by atoms with Gasteiger partial charge in [-0.05, 0) is 24.6 Å². The summed E-state index contributed by atoms with van der Waals surface area (Å²) < 4.78 is 37.9. The zero-order chi connectivity index (χ0) is 15.4. The number of hydrogen-bond donors (Lipinski definition) is 1. The quantitative estimate of drug-likeness (QED) is 0.709. The Bertz CT molecular complexity index is 465. The van der Waals surface area contributed by atoms with Crippen LogP contribution >= 0.6 is 31.9 Å². The van der Waals surface area contributed by atoms with Crippen molar-refractivity contribution < 1.29 is 18.0 Å². The van der Waals surface area contributed by atoms with E-state index >= 15 is 0 Å². The van der Waals surface area contributed by atoms with E-state index in [9.17, 15) is 18.0 Å². The minimum Gasteiger partial charge on any atom is -0.345 e. The van der Waals surface area contributed by atoms with Gasteiger partial charge in [0.25, 0.3) is 5.91 Å². The van der Waals surface area contributed by atoms with Gasteiger partial charge >= 0.3 is 6.18 Å². The van der Waals surface area contributed by atoms with Crippen molar-refractivity contribution in [2.75, 3.05) is 10.7 Å². The van der Waals surface area contributed by atoms with E-state index in [1.807, 2.05) is 6.92 Å². The van der Waals surface area contributed by atoms with Crippen molar-refractivity contribution in [1.29, 1.82) is 0 Å². The molecule has 112 valence electrons. The van der Waals surface area contributed by atoms with E-state index in [1.54, 1.807) is 0 Å². The second kappa shape index (κ2) is 6.93. The van der Waals surface area contributed by atoms with Crippen molar-refractivity contribution in [2.24, 2.45) is 0 Å². The fourth-order valence-electron chi connectivity index (χ4n) is 1.53. The fraction of sp³-hybridized carbons (Fsp3) is 0.462. The summed E-state index contributed by atoms with van der Waals surface area (Å²) in [6, 6.07) is 4.40. The van der Waals surface area contributed by atoms with Crippen LogP contribution in [0, 0.1) is 0 Å².